The predicted octanol–water partition coefficient (Wildman–Crippen LogP) is 2.85. The van der Waals surface area contributed by atoms with E-state index in [1.54, 1.807) is 24.0 Å². The van der Waals surface area contributed by atoms with Crippen LogP contribution in [0, 0.1) is 12.8 Å². The van der Waals surface area contributed by atoms with Crippen LogP contribution in [-0.4, -0.2) is 48.5 Å². The smallest absolute Gasteiger partial charge is 0.241 e. The molecule has 0 spiro atoms. The Morgan fingerprint density at radius 1 is 1.24 bits per heavy atom. The normalized spacial score (nSPS) is 16.9. The summed E-state index contributed by atoms with van der Waals surface area (Å²) in [4.78, 5) is 19.2. The molecular weight excluding hydrogens is 460 g/mol. The van der Waals surface area contributed by atoms with Gasteiger partial charge in [0.1, 0.15) is 6.04 Å². The first-order valence-corrected chi connectivity index (χ1v) is 11.8. The number of halogens is 1. The minimum Gasteiger partial charge on any atom is -0.341 e. The van der Waals surface area contributed by atoms with Gasteiger partial charge in [-0.1, -0.05) is 34.9 Å². The number of hydrogen-bond acceptors (Lipinski definition) is 6. The van der Waals surface area contributed by atoms with E-state index in [4.69, 9.17) is 4.52 Å². The molecule has 10 heteroatoms. The Morgan fingerprint density at radius 3 is 2.38 bits per heavy atom. The molecule has 2 aromatic rings. The van der Waals surface area contributed by atoms with Crippen LogP contribution in [0.1, 0.15) is 44.3 Å². The molecule has 8 nitrogen and oxygen atoms in total. The number of hydrogen-bond donors (Lipinski definition) is 1. The minimum absolute atomic E-state index is 0.122. The SMILES string of the molecule is Cc1noc(C2CCN(C(=O)[C@@H](NS(=O)(=O)c3ccc(Br)cc3)C(C)C)CC2)n1. The van der Waals surface area contributed by atoms with Gasteiger partial charge in [0.05, 0.1) is 4.90 Å². The van der Waals surface area contributed by atoms with Crippen LogP contribution in [0.4, 0.5) is 0 Å². The fourth-order valence-corrected chi connectivity index (χ4v) is 4.95. The molecule has 1 saturated heterocycles. The fourth-order valence-electron chi connectivity index (χ4n) is 3.34. The van der Waals surface area contributed by atoms with E-state index in [0.717, 1.165) is 4.47 Å². The molecule has 0 bridgehead atoms. The molecule has 1 fully saturated rings. The second-order valence-corrected chi connectivity index (χ2v) is 10.2. The van der Waals surface area contributed by atoms with Crippen molar-refractivity contribution in [2.75, 3.05) is 13.1 Å². The quantitative estimate of drug-likeness (QED) is 0.675. The molecule has 2 heterocycles. The first-order chi connectivity index (χ1) is 13.7. The van der Waals surface area contributed by atoms with Gasteiger partial charge in [-0.05, 0) is 49.9 Å². The molecule has 158 valence electrons. The van der Waals surface area contributed by atoms with E-state index in [1.165, 1.54) is 12.1 Å². The minimum atomic E-state index is -3.81. The molecule has 0 radical (unpaired) electrons. The predicted molar refractivity (Wildman–Crippen MR) is 111 cm³/mol. The summed E-state index contributed by atoms with van der Waals surface area (Å²) in [7, 11) is -3.81. The Hall–Kier alpha value is -1.78. The third-order valence-corrected chi connectivity index (χ3v) is 7.02. The Morgan fingerprint density at radius 2 is 1.86 bits per heavy atom. The Labute approximate surface area is 179 Å². The average Bonchev–Trinajstić information content (AvgIpc) is 3.12. The van der Waals surface area contributed by atoms with Gasteiger partial charge in [0.2, 0.25) is 21.8 Å². The number of piperidine rings is 1. The molecule has 1 atom stereocenters. The largest absolute Gasteiger partial charge is 0.341 e. The number of benzene rings is 1. The number of carbonyl (C=O) groups excluding carboxylic acids is 1. The van der Waals surface area contributed by atoms with E-state index in [9.17, 15) is 13.2 Å². The fraction of sp³-hybridized carbons (Fsp3) is 0.526. The molecule has 0 saturated carbocycles. The van der Waals surface area contributed by atoms with Crippen molar-refractivity contribution in [3.05, 3.63) is 40.5 Å². The molecule has 3 rings (SSSR count). The van der Waals surface area contributed by atoms with E-state index in [1.807, 2.05) is 13.8 Å². The maximum absolute atomic E-state index is 13.1. The van der Waals surface area contributed by atoms with E-state index in [0.29, 0.717) is 37.6 Å². The summed E-state index contributed by atoms with van der Waals surface area (Å²) in [5.41, 5.74) is 0. The maximum atomic E-state index is 13.1. The molecule has 1 N–H and O–H groups in total. The molecule has 1 aliphatic heterocycles. The van der Waals surface area contributed by atoms with Crippen LogP contribution >= 0.6 is 15.9 Å². The van der Waals surface area contributed by atoms with Crippen LogP contribution in [0.15, 0.2) is 38.2 Å². The number of aromatic nitrogens is 2. The van der Waals surface area contributed by atoms with E-state index < -0.39 is 16.1 Å². The highest BCUT2D eigenvalue weighted by Crippen LogP contribution is 2.27. The topological polar surface area (TPSA) is 105 Å². The maximum Gasteiger partial charge on any atom is 0.241 e. The summed E-state index contributed by atoms with van der Waals surface area (Å²) < 4.78 is 34.2. The lowest BCUT2D eigenvalue weighted by Gasteiger charge is -2.34. The zero-order valence-electron chi connectivity index (χ0n) is 16.6. The lowest BCUT2D eigenvalue weighted by atomic mass is 9.95. The van der Waals surface area contributed by atoms with Crippen molar-refractivity contribution in [2.24, 2.45) is 5.92 Å². The van der Waals surface area contributed by atoms with E-state index in [2.05, 4.69) is 30.8 Å². The molecular formula is C19H25BrN4O4S. The Kier molecular flexibility index (Phi) is 6.75. The molecule has 0 unspecified atom stereocenters. The van der Waals surface area contributed by atoms with Gasteiger partial charge >= 0.3 is 0 Å². The van der Waals surface area contributed by atoms with Crippen LogP contribution in [-0.2, 0) is 14.8 Å². The third kappa shape index (κ3) is 5.23. The van der Waals surface area contributed by atoms with Crippen molar-refractivity contribution < 1.29 is 17.7 Å². The van der Waals surface area contributed by atoms with Gasteiger partial charge in [-0.15, -0.1) is 0 Å². The highest BCUT2D eigenvalue weighted by molar-refractivity contribution is 9.10. The molecule has 1 aromatic carbocycles. The van der Waals surface area contributed by atoms with Gasteiger partial charge in [0.25, 0.3) is 0 Å². The highest BCUT2D eigenvalue weighted by Gasteiger charge is 2.34. The summed E-state index contributed by atoms with van der Waals surface area (Å²) in [5, 5.41) is 3.83. The van der Waals surface area contributed by atoms with Crippen LogP contribution in [0.3, 0.4) is 0 Å². The van der Waals surface area contributed by atoms with Crippen molar-refractivity contribution in [1.82, 2.24) is 19.8 Å². The standard InChI is InChI=1S/C19H25BrN4O4S/c1-12(2)17(23-29(26,27)16-6-4-15(20)5-7-16)19(25)24-10-8-14(9-11-24)18-21-13(3)22-28-18/h4-7,12,14,17,23H,8-11H2,1-3H3/t17-/m0/s1. The summed E-state index contributed by atoms with van der Waals surface area (Å²) >= 11 is 3.29. The number of rotatable bonds is 6. The number of aryl methyl sites for hydroxylation is 1. The second kappa shape index (κ2) is 8.93. The molecule has 29 heavy (non-hydrogen) atoms. The summed E-state index contributed by atoms with van der Waals surface area (Å²) in [6, 6.07) is 5.50. The molecule has 1 amide bonds. The lowest BCUT2D eigenvalue weighted by molar-refractivity contribution is -0.135. The first-order valence-electron chi connectivity index (χ1n) is 9.54. The molecule has 1 aliphatic rings. The van der Waals surface area contributed by atoms with Gasteiger partial charge in [-0.25, -0.2) is 8.42 Å². The number of carbonyl (C=O) groups is 1. The summed E-state index contributed by atoms with van der Waals surface area (Å²) in [5.74, 6) is 0.925. The number of nitrogens with zero attached hydrogens (tertiary/aromatic N) is 3. The summed E-state index contributed by atoms with van der Waals surface area (Å²) in [6.45, 7) is 6.49. The zero-order valence-corrected chi connectivity index (χ0v) is 19.0. The van der Waals surface area contributed by atoms with Crippen LogP contribution in [0.5, 0.6) is 0 Å². The van der Waals surface area contributed by atoms with Crippen molar-refractivity contribution >= 4 is 31.9 Å². The third-order valence-electron chi connectivity index (χ3n) is 5.04. The number of sulfonamides is 1. The number of amides is 1. The Balaban J connectivity index is 1.67. The average molecular weight is 485 g/mol. The molecule has 1 aromatic heterocycles. The highest BCUT2D eigenvalue weighted by atomic mass is 79.9. The van der Waals surface area contributed by atoms with E-state index in [-0.39, 0.29) is 22.6 Å². The van der Waals surface area contributed by atoms with Gasteiger partial charge in [0.15, 0.2) is 5.82 Å². The van der Waals surface area contributed by atoms with E-state index >= 15 is 0 Å². The number of nitrogens with one attached hydrogen (secondary N) is 1. The van der Waals surface area contributed by atoms with Crippen LogP contribution in [0.2, 0.25) is 0 Å². The van der Waals surface area contributed by atoms with Gasteiger partial charge in [-0.2, -0.15) is 9.71 Å². The van der Waals surface area contributed by atoms with Gasteiger partial charge in [-0.3, -0.25) is 4.79 Å². The molecule has 0 aliphatic carbocycles. The number of likely N-dealkylation sites (tertiary alicyclic amines) is 1. The monoisotopic (exact) mass is 484 g/mol. The van der Waals surface area contributed by atoms with Crippen LogP contribution < -0.4 is 4.72 Å². The lowest BCUT2D eigenvalue weighted by Crippen LogP contribution is -2.52. The van der Waals surface area contributed by atoms with Gasteiger partial charge < -0.3 is 9.42 Å². The summed E-state index contributed by atoms with van der Waals surface area (Å²) in [6.07, 6.45) is 1.41. The van der Waals surface area contributed by atoms with Crippen molar-refractivity contribution in [3.63, 3.8) is 0 Å². The second-order valence-electron chi connectivity index (χ2n) is 7.58. The van der Waals surface area contributed by atoms with Crippen LogP contribution in [0.25, 0.3) is 0 Å². The van der Waals surface area contributed by atoms with Crippen molar-refractivity contribution in [1.29, 1.82) is 0 Å². The van der Waals surface area contributed by atoms with Crippen molar-refractivity contribution in [2.45, 2.75) is 50.5 Å². The van der Waals surface area contributed by atoms with Gasteiger partial charge in [0, 0.05) is 23.5 Å². The van der Waals surface area contributed by atoms with Crippen molar-refractivity contribution in [3.8, 4) is 0 Å². The Bertz CT molecular complexity index is 951. The zero-order chi connectivity index (χ0) is 21.2. The first kappa shape index (κ1) is 21.9.